The molecule has 1 saturated carbocycles. The molecule has 1 nitrogen and oxygen atoms in total. The summed E-state index contributed by atoms with van der Waals surface area (Å²) in [6.45, 7) is 3.55. The highest BCUT2D eigenvalue weighted by Crippen LogP contribution is 2.58. The van der Waals surface area contributed by atoms with Crippen molar-refractivity contribution in [3.8, 4) is 0 Å². The van der Waals surface area contributed by atoms with Crippen LogP contribution in [0.3, 0.4) is 0 Å². The molecular weight excluding hydrogens is 206 g/mol. The van der Waals surface area contributed by atoms with E-state index in [4.69, 9.17) is 11.6 Å². The van der Waals surface area contributed by atoms with Gasteiger partial charge in [0.05, 0.1) is 0 Å². The largest absolute Gasteiger partial charge is 0.298 e. The summed E-state index contributed by atoms with van der Waals surface area (Å²) in [6.07, 6.45) is 1.36. The quantitative estimate of drug-likeness (QED) is 0.710. The van der Waals surface area contributed by atoms with E-state index in [2.05, 4.69) is 35.2 Å². The van der Waals surface area contributed by atoms with Gasteiger partial charge in [0.25, 0.3) is 0 Å². The number of piperidine rings is 1. The van der Waals surface area contributed by atoms with Gasteiger partial charge in [0, 0.05) is 30.9 Å². The number of likely N-dealkylation sites (tertiary alicyclic amines) is 1. The van der Waals surface area contributed by atoms with Crippen molar-refractivity contribution in [3.05, 3.63) is 35.9 Å². The molecule has 0 aromatic heterocycles. The minimum absolute atomic E-state index is 0.496. The molecule has 1 aliphatic heterocycles. The molecule has 1 aromatic rings. The van der Waals surface area contributed by atoms with Gasteiger partial charge >= 0.3 is 0 Å². The van der Waals surface area contributed by atoms with Crippen LogP contribution >= 0.6 is 11.6 Å². The highest BCUT2D eigenvalue weighted by molar-refractivity contribution is 6.18. The lowest BCUT2D eigenvalue weighted by atomic mass is 10.1. The van der Waals surface area contributed by atoms with Crippen LogP contribution in [-0.4, -0.2) is 23.9 Å². The molecule has 0 N–H and O–H groups in total. The van der Waals surface area contributed by atoms with Crippen LogP contribution in [0, 0.1) is 11.3 Å². The van der Waals surface area contributed by atoms with Crippen LogP contribution in [-0.2, 0) is 6.54 Å². The van der Waals surface area contributed by atoms with E-state index in [1.54, 1.807) is 0 Å². The number of hydrogen-bond acceptors (Lipinski definition) is 1. The van der Waals surface area contributed by atoms with Gasteiger partial charge in [-0.2, -0.15) is 0 Å². The fourth-order valence-corrected chi connectivity index (χ4v) is 3.29. The number of hydrogen-bond donors (Lipinski definition) is 0. The van der Waals surface area contributed by atoms with Gasteiger partial charge in [0.2, 0.25) is 0 Å². The van der Waals surface area contributed by atoms with Gasteiger partial charge in [-0.1, -0.05) is 30.3 Å². The lowest BCUT2D eigenvalue weighted by Crippen LogP contribution is -2.25. The van der Waals surface area contributed by atoms with E-state index in [0.29, 0.717) is 5.41 Å². The Bertz CT molecular complexity index is 347. The van der Waals surface area contributed by atoms with Gasteiger partial charge in [-0.05, 0) is 17.9 Å². The highest BCUT2D eigenvalue weighted by atomic mass is 35.5. The average molecular weight is 222 g/mol. The summed E-state index contributed by atoms with van der Waals surface area (Å²) in [5, 5.41) is 0. The Morgan fingerprint density at radius 3 is 2.80 bits per heavy atom. The second kappa shape index (κ2) is 3.50. The molecular formula is C13H16ClN. The summed E-state index contributed by atoms with van der Waals surface area (Å²) < 4.78 is 0. The monoisotopic (exact) mass is 221 g/mol. The van der Waals surface area contributed by atoms with E-state index in [0.717, 1.165) is 18.3 Å². The summed E-state index contributed by atoms with van der Waals surface area (Å²) in [6, 6.07) is 10.7. The molecule has 2 atom stereocenters. The number of alkyl halides is 1. The van der Waals surface area contributed by atoms with Gasteiger partial charge in [0.1, 0.15) is 0 Å². The van der Waals surface area contributed by atoms with Crippen LogP contribution in [0.5, 0.6) is 0 Å². The Kier molecular flexibility index (Phi) is 2.26. The molecule has 0 bridgehead atoms. The van der Waals surface area contributed by atoms with Crippen LogP contribution < -0.4 is 0 Å². The van der Waals surface area contributed by atoms with Crippen molar-refractivity contribution in [1.82, 2.24) is 4.90 Å². The molecule has 1 heterocycles. The summed E-state index contributed by atoms with van der Waals surface area (Å²) in [7, 11) is 0. The summed E-state index contributed by atoms with van der Waals surface area (Å²) in [5.41, 5.74) is 1.92. The molecule has 3 rings (SSSR count). The van der Waals surface area contributed by atoms with E-state index in [-0.39, 0.29) is 0 Å². The normalized spacial score (nSPS) is 34.1. The second-order valence-corrected chi connectivity index (χ2v) is 5.32. The van der Waals surface area contributed by atoms with Crippen LogP contribution in [0.25, 0.3) is 0 Å². The van der Waals surface area contributed by atoms with Crippen LogP contribution in [0.15, 0.2) is 30.3 Å². The van der Waals surface area contributed by atoms with E-state index in [9.17, 15) is 0 Å². The second-order valence-electron chi connectivity index (χ2n) is 5.05. The number of benzene rings is 1. The van der Waals surface area contributed by atoms with Crippen molar-refractivity contribution in [3.63, 3.8) is 0 Å². The maximum absolute atomic E-state index is 6.03. The maximum atomic E-state index is 6.03. The smallest absolute Gasteiger partial charge is 0.0295 e. The lowest BCUT2D eigenvalue weighted by molar-refractivity contribution is 0.279. The molecule has 2 fully saturated rings. The zero-order valence-electron chi connectivity index (χ0n) is 8.82. The van der Waals surface area contributed by atoms with Gasteiger partial charge in [0.15, 0.2) is 0 Å². The van der Waals surface area contributed by atoms with Crippen molar-refractivity contribution < 1.29 is 0 Å². The molecule has 2 heteroatoms. The third-order valence-electron chi connectivity index (χ3n) is 3.89. The van der Waals surface area contributed by atoms with Crippen molar-refractivity contribution in [1.29, 1.82) is 0 Å². The first-order valence-electron chi connectivity index (χ1n) is 5.65. The molecule has 2 aliphatic rings. The first kappa shape index (κ1) is 9.68. The van der Waals surface area contributed by atoms with E-state index >= 15 is 0 Å². The molecule has 80 valence electrons. The Balaban J connectivity index is 1.63. The van der Waals surface area contributed by atoms with Crippen molar-refractivity contribution in [2.75, 3.05) is 19.0 Å². The summed E-state index contributed by atoms with van der Waals surface area (Å²) >= 11 is 6.03. The molecule has 0 amide bonds. The SMILES string of the molecule is ClCC12CC1CN(Cc1ccccc1)C2. The zero-order valence-corrected chi connectivity index (χ0v) is 9.58. The maximum Gasteiger partial charge on any atom is 0.0295 e. The Morgan fingerprint density at radius 2 is 2.13 bits per heavy atom. The summed E-state index contributed by atoms with van der Waals surface area (Å²) in [4.78, 5) is 2.55. The number of nitrogens with zero attached hydrogens (tertiary/aromatic N) is 1. The third-order valence-corrected chi connectivity index (χ3v) is 4.42. The highest BCUT2D eigenvalue weighted by Gasteiger charge is 2.58. The Hall–Kier alpha value is -0.530. The van der Waals surface area contributed by atoms with Gasteiger partial charge in [-0.3, -0.25) is 4.90 Å². The first-order valence-corrected chi connectivity index (χ1v) is 6.18. The van der Waals surface area contributed by atoms with Crippen LogP contribution in [0.4, 0.5) is 0 Å². The van der Waals surface area contributed by atoms with E-state index < -0.39 is 0 Å². The predicted octanol–water partition coefficient (Wildman–Crippen LogP) is 2.75. The Labute approximate surface area is 96.0 Å². The van der Waals surface area contributed by atoms with Gasteiger partial charge in [-0.15, -0.1) is 11.6 Å². The van der Waals surface area contributed by atoms with E-state index in [1.165, 1.54) is 25.1 Å². The van der Waals surface area contributed by atoms with Crippen LogP contribution in [0.2, 0.25) is 0 Å². The van der Waals surface area contributed by atoms with Gasteiger partial charge < -0.3 is 0 Å². The predicted molar refractivity (Wildman–Crippen MR) is 63.0 cm³/mol. The standard InChI is InChI=1S/C13H16ClN/c14-9-13-6-12(13)8-15(10-13)7-11-4-2-1-3-5-11/h1-5,12H,6-10H2. The average Bonchev–Trinajstić information content (AvgIpc) is 2.84. The molecule has 1 saturated heterocycles. The minimum Gasteiger partial charge on any atom is -0.298 e. The first-order chi connectivity index (χ1) is 7.32. The molecule has 1 aliphatic carbocycles. The molecule has 1 aromatic carbocycles. The zero-order chi connectivity index (χ0) is 10.3. The van der Waals surface area contributed by atoms with Gasteiger partial charge in [-0.25, -0.2) is 0 Å². The van der Waals surface area contributed by atoms with Crippen molar-refractivity contribution in [2.45, 2.75) is 13.0 Å². The van der Waals surface area contributed by atoms with E-state index in [1.807, 2.05) is 0 Å². The molecule has 2 unspecified atom stereocenters. The molecule has 15 heavy (non-hydrogen) atoms. The third kappa shape index (κ3) is 1.68. The van der Waals surface area contributed by atoms with Crippen molar-refractivity contribution in [2.24, 2.45) is 11.3 Å². The lowest BCUT2D eigenvalue weighted by Gasteiger charge is -2.19. The van der Waals surface area contributed by atoms with Crippen LogP contribution in [0.1, 0.15) is 12.0 Å². The fraction of sp³-hybridized carbons (Fsp3) is 0.538. The summed E-state index contributed by atoms with van der Waals surface area (Å²) in [5.74, 6) is 1.74. The fourth-order valence-electron chi connectivity index (χ4n) is 2.87. The minimum atomic E-state index is 0.496. The molecule has 0 spiro atoms. The molecule has 0 radical (unpaired) electrons. The Morgan fingerprint density at radius 1 is 1.33 bits per heavy atom. The number of rotatable bonds is 3. The number of halogens is 1. The number of fused-ring (bicyclic) bond motifs is 1. The topological polar surface area (TPSA) is 3.24 Å². The van der Waals surface area contributed by atoms with Crippen molar-refractivity contribution >= 4 is 11.6 Å².